The maximum atomic E-state index is 12.6. The van der Waals surface area contributed by atoms with Gasteiger partial charge in [0.15, 0.2) is 9.84 Å². The standard InChI is InChI=1S/C24H28N2O4S/c1-31(28,29)20-10-8-19(9-11-20)30-16-4-7-24(27)26-14-12-18(13-15-26)22-17-25-23-6-3-2-5-21(22)23/h2-3,5-6,8-11,17-18,25H,4,7,12-16H2,1H3. The number of ether oxygens (including phenoxy) is 1. The fraction of sp³-hybridized carbons (Fsp3) is 0.375. The largest absolute Gasteiger partial charge is 0.494 e. The fourth-order valence-corrected chi connectivity index (χ4v) is 4.86. The zero-order valence-corrected chi connectivity index (χ0v) is 18.5. The van der Waals surface area contributed by atoms with Crippen molar-refractivity contribution in [3.8, 4) is 5.75 Å². The Morgan fingerprint density at radius 2 is 1.81 bits per heavy atom. The van der Waals surface area contributed by atoms with Gasteiger partial charge in [-0.25, -0.2) is 8.42 Å². The maximum Gasteiger partial charge on any atom is 0.222 e. The van der Waals surface area contributed by atoms with Crippen LogP contribution in [-0.2, 0) is 14.6 Å². The third kappa shape index (κ3) is 5.10. The number of carbonyl (C=O) groups is 1. The number of nitrogens with one attached hydrogen (secondary N) is 1. The minimum Gasteiger partial charge on any atom is -0.494 e. The van der Waals surface area contributed by atoms with Gasteiger partial charge in [-0.05, 0) is 61.1 Å². The second kappa shape index (κ2) is 9.14. The highest BCUT2D eigenvalue weighted by molar-refractivity contribution is 7.90. The predicted octanol–water partition coefficient (Wildman–Crippen LogP) is 4.14. The molecule has 3 aromatic rings. The molecule has 0 saturated carbocycles. The zero-order chi connectivity index (χ0) is 21.8. The molecule has 0 bridgehead atoms. The Labute approximate surface area is 183 Å². The number of hydrogen-bond donors (Lipinski definition) is 1. The zero-order valence-electron chi connectivity index (χ0n) is 17.7. The first kappa shape index (κ1) is 21.4. The van der Waals surface area contributed by atoms with Crippen LogP contribution in [0, 0.1) is 0 Å². The van der Waals surface area contributed by atoms with Crippen molar-refractivity contribution in [1.82, 2.24) is 9.88 Å². The normalized spacial score (nSPS) is 15.3. The summed E-state index contributed by atoms with van der Waals surface area (Å²) in [6.07, 6.45) is 6.35. The molecule has 1 aromatic heterocycles. The third-order valence-corrected chi connectivity index (χ3v) is 7.09. The monoisotopic (exact) mass is 440 g/mol. The Hall–Kier alpha value is -2.80. The summed E-state index contributed by atoms with van der Waals surface area (Å²) in [4.78, 5) is 18.2. The van der Waals surface area contributed by atoms with Crippen molar-refractivity contribution in [1.29, 1.82) is 0 Å². The summed E-state index contributed by atoms with van der Waals surface area (Å²) < 4.78 is 28.6. The van der Waals surface area contributed by atoms with Crippen LogP contribution < -0.4 is 4.74 Å². The van der Waals surface area contributed by atoms with Gasteiger partial charge in [-0.3, -0.25) is 4.79 Å². The second-order valence-corrected chi connectivity index (χ2v) is 10.2. The predicted molar refractivity (Wildman–Crippen MR) is 121 cm³/mol. The molecule has 4 rings (SSSR count). The van der Waals surface area contributed by atoms with E-state index in [1.807, 2.05) is 11.0 Å². The van der Waals surface area contributed by atoms with Crippen LogP contribution in [-0.4, -0.2) is 50.2 Å². The molecule has 1 fully saturated rings. The number of aromatic amines is 1. The van der Waals surface area contributed by atoms with Crippen molar-refractivity contribution in [3.63, 3.8) is 0 Å². The first-order chi connectivity index (χ1) is 14.9. The lowest BCUT2D eigenvalue weighted by Gasteiger charge is -2.32. The van der Waals surface area contributed by atoms with E-state index < -0.39 is 9.84 Å². The summed E-state index contributed by atoms with van der Waals surface area (Å²) in [6, 6.07) is 14.7. The van der Waals surface area contributed by atoms with Gasteiger partial charge in [-0.15, -0.1) is 0 Å². The number of amides is 1. The molecule has 1 N–H and O–H groups in total. The molecule has 1 saturated heterocycles. The van der Waals surface area contributed by atoms with Gasteiger partial charge in [0, 0.05) is 42.9 Å². The second-order valence-electron chi connectivity index (χ2n) is 8.14. The van der Waals surface area contributed by atoms with Gasteiger partial charge < -0.3 is 14.6 Å². The van der Waals surface area contributed by atoms with Crippen molar-refractivity contribution >= 4 is 26.6 Å². The van der Waals surface area contributed by atoms with Crippen LogP contribution in [0.5, 0.6) is 5.75 Å². The minimum absolute atomic E-state index is 0.174. The molecule has 1 aliphatic heterocycles. The van der Waals surface area contributed by atoms with Crippen LogP contribution in [0.1, 0.15) is 37.2 Å². The molecule has 2 aromatic carbocycles. The smallest absolute Gasteiger partial charge is 0.222 e. The Morgan fingerprint density at radius 3 is 2.52 bits per heavy atom. The van der Waals surface area contributed by atoms with E-state index in [0.29, 0.717) is 31.1 Å². The number of piperidine rings is 1. The number of H-pyrrole nitrogens is 1. The molecule has 164 valence electrons. The highest BCUT2D eigenvalue weighted by Crippen LogP contribution is 2.33. The Bertz CT molecular complexity index is 1140. The van der Waals surface area contributed by atoms with E-state index in [1.165, 1.54) is 34.9 Å². The summed E-state index contributed by atoms with van der Waals surface area (Å²) >= 11 is 0. The number of nitrogens with zero attached hydrogens (tertiary/aromatic N) is 1. The number of rotatable bonds is 7. The molecular formula is C24H28N2O4S. The van der Waals surface area contributed by atoms with Gasteiger partial charge in [0.1, 0.15) is 5.75 Å². The molecular weight excluding hydrogens is 412 g/mol. The SMILES string of the molecule is CS(=O)(=O)c1ccc(OCCCC(=O)N2CCC(c3c[nH]c4ccccc34)CC2)cc1. The van der Waals surface area contributed by atoms with Gasteiger partial charge in [0.05, 0.1) is 11.5 Å². The van der Waals surface area contributed by atoms with Crippen molar-refractivity contribution in [2.45, 2.75) is 36.5 Å². The summed E-state index contributed by atoms with van der Waals surface area (Å²) in [7, 11) is -3.21. The van der Waals surface area contributed by atoms with Crippen molar-refractivity contribution in [2.75, 3.05) is 26.0 Å². The molecule has 2 heterocycles. The van der Waals surface area contributed by atoms with Crippen LogP contribution in [0.3, 0.4) is 0 Å². The molecule has 0 spiro atoms. The molecule has 0 unspecified atom stereocenters. The summed E-state index contributed by atoms with van der Waals surface area (Å²) in [6.45, 7) is 2.00. The number of sulfone groups is 1. The Balaban J connectivity index is 1.21. The Kier molecular flexibility index (Phi) is 6.32. The number of fused-ring (bicyclic) bond motifs is 1. The van der Waals surface area contributed by atoms with Gasteiger partial charge in [-0.2, -0.15) is 0 Å². The molecule has 0 radical (unpaired) electrons. The van der Waals surface area contributed by atoms with E-state index in [-0.39, 0.29) is 10.8 Å². The van der Waals surface area contributed by atoms with E-state index in [9.17, 15) is 13.2 Å². The molecule has 1 amide bonds. The highest BCUT2D eigenvalue weighted by atomic mass is 32.2. The Morgan fingerprint density at radius 1 is 1.10 bits per heavy atom. The molecule has 6 nitrogen and oxygen atoms in total. The summed E-state index contributed by atoms with van der Waals surface area (Å²) in [5, 5.41) is 1.29. The van der Waals surface area contributed by atoms with Crippen LogP contribution in [0.15, 0.2) is 59.6 Å². The van der Waals surface area contributed by atoms with Gasteiger partial charge in [0.25, 0.3) is 0 Å². The number of aromatic nitrogens is 1. The van der Waals surface area contributed by atoms with E-state index in [2.05, 4.69) is 29.4 Å². The molecule has 0 atom stereocenters. The molecule has 0 aliphatic carbocycles. The maximum absolute atomic E-state index is 12.6. The van der Waals surface area contributed by atoms with Crippen molar-refractivity contribution in [2.24, 2.45) is 0 Å². The average Bonchev–Trinajstić information content (AvgIpc) is 3.20. The lowest BCUT2D eigenvalue weighted by atomic mass is 9.89. The van der Waals surface area contributed by atoms with Crippen LogP contribution in [0.25, 0.3) is 10.9 Å². The number of benzene rings is 2. The quantitative estimate of drug-likeness (QED) is 0.560. The van der Waals surface area contributed by atoms with Gasteiger partial charge in [-0.1, -0.05) is 18.2 Å². The lowest BCUT2D eigenvalue weighted by Crippen LogP contribution is -2.37. The average molecular weight is 441 g/mol. The van der Waals surface area contributed by atoms with Crippen LogP contribution >= 0.6 is 0 Å². The minimum atomic E-state index is -3.21. The molecule has 1 aliphatic rings. The topological polar surface area (TPSA) is 79.5 Å². The summed E-state index contributed by atoms with van der Waals surface area (Å²) in [5.41, 5.74) is 2.53. The number of para-hydroxylation sites is 1. The van der Waals surface area contributed by atoms with E-state index in [0.717, 1.165) is 25.9 Å². The highest BCUT2D eigenvalue weighted by Gasteiger charge is 2.25. The lowest BCUT2D eigenvalue weighted by molar-refractivity contribution is -0.132. The summed E-state index contributed by atoms with van der Waals surface area (Å²) in [5.74, 6) is 1.27. The van der Waals surface area contributed by atoms with E-state index in [1.54, 1.807) is 12.1 Å². The number of likely N-dealkylation sites (tertiary alicyclic amines) is 1. The number of carbonyl (C=O) groups excluding carboxylic acids is 1. The van der Waals surface area contributed by atoms with Crippen LogP contribution in [0.4, 0.5) is 0 Å². The number of hydrogen-bond acceptors (Lipinski definition) is 4. The first-order valence-electron chi connectivity index (χ1n) is 10.7. The van der Waals surface area contributed by atoms with E-state index in [4.69, 9.17) is 4.74 Å². The van der Waals surface area contributed by atoms with Crippen LogP contribution in [0.2, 0.25) is 0 Å². The van der Waals surface area contributed by atoms with Crippen molar-refractivity contribution < 1.29 is 17.9 Å². The van der Waals surface area contributed by atoms with Gasteiger partial charge >= 0.3 is 0 Å². The third-order valence-electron chi connectivity index (χ3n) is 5.96. The molecule has 7 heteroatoms. The first-order valence-corrected chi connectivity index (χ1v) is 12.6. The molecule has 31 heavy (non-hydrogen) atoms. The van der Waals surface area contributed by atoms with E-state index >= 15 is 0 Å². The fourth-order valence-electron chi connectivity index (χ4n) is 4.23. The van der Waals surface area contributed by atoms with Gasteiger partial charge in [0.2, 0.25) is 5.91 Å². The van der Waals surface area contributed by atoms with Crippen molar-refractivity contribution in [3.05, 3.63) is 60.3 Å².